The molecule has 0 spiro atoms. The Morgan fingerprint density at radius 2 is 2.22 bits per heavy atom. The molecule has 2 heterocycles. The molecule has 3 atom stereocenters. The highest BCUT2D eigenvalue weighted by Crippen LogP contribution is 2.36. The molecule has 1 fully saturated rings. The lowest BCUT2D eigenvalue weighted by atomic mass is 9.96. The summed E-state index contributed by atoms with van der Waals surface area (Å²) in [6.07, 6.45) is 3.09. The van der Waals surface area contributed by atoms with E-state index < -0.39 is 0 Å². The Labute approximate surface area is 141 Å². The minimum absolute atomic E-state index is 0.00710. The Kier molecular flexibility index (Phi) is 4.64. The van der Waals surface area contributed by atoms with Crippen LogP contribution < -0.4 is 11.1 Å². The van der Waals surface area contributed by atoms with Crippen molar-refractivity contribution in [3.63, 3.8) is 0 Å². The van der Waals surface area contributed by atoms with Crippen molar-refractivity contribution >= 4 is 29.3 Å². The third-order valence-electron chi connectivity index (χ3n) is 4.57. The maximum atomic E-state index is 12.9. The highest BCUT2D eigenvalue weighted by Gasteiger charge is 2.31. The van der Waals surface area contributed by atoms with Crippen LogP contribution >= 0.6 is 11.8 Å². The second-order valence-corrected chi connectivity index (χ2v) is 7.76. The van der Waals surface area contributed by atoms with Crippen molar-refractivity contribution in [3.05, 3.63) is 23.8 Å². The van der Waals surface area contributed by atoms with Gasteiger partial charge in [0.2, 0.25) is 5.91 Å². The molecule has 1 saturated heterocycles. The van der Waals surface area contributed by atoms with Crippen LogP contribution in [0.5, 0.6) is 0 Å². The van der Waals surface area contributed by atoms with E-state index in [0.29, 0.717) is 5.56 Å². The summed E-state index contributed by atoms with van der Waals surface area (Å²) in [5.74, 6) is -0.00815. The van der Waals surface area contributed by atoms with Crippen molar-refractivity contribution in [1.29, 1.82) is 0 Å². The predicted octanol–water partition coefficient (Wildman–Crippen LogP) is 2.46. The normalized spacial score (nSPS) is 25.5. The number of benzene rings is 1. The van der Waals surface area contributed by atoms with Crippen molar-refractivity contribution < 1.29 is 9.59 Å². The predicted molar refractivity (Wildman–Crippen MR) is 92.7 cm³/mol. The molecule has 3 rings (SSSR count). The molecule has 1 aromatic rings. The Morgan fingerprint density at radius 3 is 2.96 bits per heavy atom. The maximum Gasteiger partial charge on any atom is 0.254 e. The lowest BCUT2D eigenvalue weighted by Crippen LogP contribution is -2.51. The number of hydrogen-bond donors (Lipinski definition) is 2. The number of hydrogen-bond acceptors (Lipinski definition) is 4. The summed E-state index contributed by atoms with van der Waals surface area (Å²) in [6.45, 7) is 4.59. The molecular weight excluding hydrogens is 310 g/mol. The molecule has 2 amide bonds. The van der Waals surface area contributed by atoms with E-state index in [0.717, 1.165) is 36.4 Å². The molecule has 3 N–H and O–H groups in total. The van der Waals surface area contributed by atoms with E-state index in [1.54, 1.807) is 6.07 Å². The van der Waals surface area contributed by atoms with E-state index in [4.69, 9.17) is 5.73 Å². The average Bonchev–Trinajstić information content (AvgIpc) is 2.55. The number of fused-ring (bicyclic) bond motifs is 1. The molecule has 1 aromatic carbocycles. The molecule has 5 nitrogen and oxygen atoms in total. The van der Waals surface area contributed by atoms with Gasteiger partial charge >= 0.3 is 0 Å². The molecule has 2 aliphatic heterocycles. The van der Waals surface area contributed by atoms with Gasteiger partial charge in [0.05, 0.1) is 10.9 Å². The Balaban J connectivity index is 1.85. The molecule has 0 aliphatic carbocycles. The van der Waals surface area contributed by atoms with Crippen molar-refractivity contribution in [1.82, 2.24) is 4.90 Å². The van der Waals surface area contributed by atoms with Crippen LogP contribution in [0.25, 0.3) is 0 Å². The lowest BCUT2D eigenvalue weighted by Gasteiger charge is -2.38. The number of nitrogens with zero attached hydrogens (tertiary/aromatic N) is 1. The van der Waals surface area contributed by atoms with Gasteiger partial charge in [-0.3, -0.25) is 9.59 Å². The summed E-state index contributed by atoms with van der Waals surface area (Å²) in [7, 11) is 0. The van der Waals surface area contributed by atoms with Gasteiger partial charge in [0.25, 0.3) is 5.91 Å². The molecule has 0 saturated carbocycles. The number of rotatable bonds is 2. The fourth-order valence-electron chi connectivity index (χ4n) is 3.26. The van der Waals surface area contributed by atoms with E-state index in [9.17, 15) is 9.59 Å². The van der Waals surface area contributed by atoms with Gasteiger partial charge in [0.15, 0.2) is 0 Å². The Hall–Kier alpha value is -1.53. The lowest BCUT2D eigenvalue weighted by molar-refractivity contribution is -0.115. The van der Waals surface area contributed by atoms with Gasteiger partial charge < -0.3 is 16.0 Å². The number of carbonyl (C=O) groups excluding carboxylic acids is 2. The number of anilines is 1. The third kappa shape index (κ3) is 3.23. The highest BCUT2D eigenvalue weighted by molar-refractivity contribution is 8.00. The van der Waals surface area contributed by atoms with Gasteiger partial charge in [-0.15, -0.1) is 11.8 Å². The smallest absolute Gasteiger partial charge is 0.254 e. The molecule has 124 valence electrons. The molecule has 2 aliphatic rings. The van der Waals surface area contributed by atoms with E-state index in [1.165, 1.54) is 11.8 Å². The highest BCUT2D eigenvalue weighted by atomic mass is 32.2. The van der Waals surface area contributed by atoms with Gasteiger partial charge in [0, 0.05) is 29.1 Å². The number of likely N-dealkylation sites (tertiary alicyclic amines) is 1. The van der Waals surface area contributed by atoms with Crippen LogP contribution in [0.1, 0.15) is 43.5 Å². The standard InChI is InChI=1S/C17H23N3O2S/c1-10(18)14-5-3-4-8-20(14)17(22)12-6-7-15-13(9-12)19-16(21)11(2)23-15/h6-7,9-11,14H,3-5,8,18H2,1-2H3,(H,19,21). The van der Waals surface area contributed by atoms with E-state index in [1.807, 2.05) is 30.9 Å². The summed E-state index contributed by atoms with van der Waals surface area (Å²) in [4.78, 5) is 27.6. The number of amides is 2. The van der Waals surface area contributed by atoms with Crippen LogP contribution in [0.3, 0.4) is 0 Å². The number of thioether (sulfide) groups is 1. The van der Waals surface area contributed by atoms with Crippen LogP contribution in [0, 0.1) is 0 Å². The fourth-order valence-corrected chi connectivity index (χ4v) is 4.19. The van der Waals surface area contributed by atoms with Crippen molar-refractivity contribution in [2.75, 3.05) is 11.9 Å². The summed E-state index contributed by atoms with van der Waals surface area (Å²) in [5, 5.41) is 2.78. The average molecular weight is 333 g/mol. The topological polar surface area (TPSA) is 75.4 Å². The fraction of sp³-hybridized carbons (Fsp3) is 0.529. The first kappa shape index (κ1) is 16.3. The van der Waals surface area contributed by atoms with Crippen LogP contribution in [-0.2, 0) is 4.79 Å². The van der Waals surface area contributed by atoms with Gasteiger partial charge in [-0.2, -0.15) is 0 Å². The van der Waals surface area contributed by atoms with Crippen LogP contribution in [-0.4, -0.2) is 40.6 Å². The summed E-state index contributed by atoms with van der Waals surface area (Å²) >= 11 is 1.52. The van der Waals surface area contributed by atoms with Crippen LogP contribution in [0.4, 0.5) is 5.69 Å². The first-order valence-corrected chi connectivity index (χ1v) is 9.03. The van der Waals surface area contributed by atoms with E-state index in [2.05, 4.69) is 5.32 Å². The Morgan fingerprint density at radius 1 is 1.43 bits per heavy atom. The maximum absolute atomic E-state index is 12.9. The number of piperidine rings is 1. The minimum Gasteiger partial charge on any atom is -0.334 e. The second kappa shape index (κ2) is 6.53. The first-order valence-electron chi connectivity index (χ1n) is 8.15. The second-order valence-electron chi connectivity index (χ2n) is 6.38. The van der Waals surface area contributed by atoms with E-state index >= 15 is 0 Å². The molecule has 6 heteroatoms. The van der Waals surface area contributed by atoms with Crippen molar-refractivity contribution in [2.45, 2.75) is 55.3 Å². The minimum atomic E-state index is -0.103. The van der Waals surface area contributed by atoms with Crippen LogP contribution in [0.15, 0.2) is 23.1 Å². The summed E-state index contributed by atoms with van der Waals surface area (Å²) in [5.41, 5.74) is 7.42. The van der Waals surface area contributed by atoms with Crippen molar-refractivity contribution in [2.24, 2.45) is 5.73 Å². The molecule has 23 heavy (non-hydrogen) atoms. The van der Waals surface area contributed by atoms with Crippen molar-refractivity contribution in [3.8, 4) is 0 Å². The zero-order chi connectivity index (χ0) is 16.6. The zero-order valence-corrected chi connectivity index (χ0v) is 14.4. The van der Waals surface area contributed by atoms with Gasteiger partial charge in [-0.1, -0.05) is 0 Å². The third-order valence-corrected chi connectivity index (χ3v) is 5.75. The Bertz CT molecular complexity index is 632. The number of nitrogens with two attached hydrogens (primary N) is 1. The number of nitrogens with one attached hydrogen (secondary N) is 1. The summed E-state index contributed by atoms with van der Waals surface area (Å²) in [6, 6.07) is 5.63. The first-order chi connectivity index (χ1) is 11.0. The van der Waals surface area contributed by atoms with Gasteiger partial charge in [0.1, 0.15) is 0 Å². The van der Waals surface area contributed by atoms with Gasteiger partial charge in [-0.25, -0.2) is 0 Å². The molecule has 3 unspecified atom stereocenters. The van der Waals surface area contributed by atoms with E-state index in [-0.39, 0.29) is 29.1 Å². The number of carbonyl (C=O) groups is 2. The molecule has 0 bridgehead atoms. The molecule has 0 aromatic heterocycles. The monoisotopic (exact) mass is 333 g/mol. The summed E-state index contributed by atoms with van der Waals surface area (Å²) < 4.78 is 0. The SMILES string of the molecule is CC1Sc2ccc(C(=O)N3CCCCC3C(C)N)cc2NC1=O. The molecule has 0 radical (unpaired) electrons. The van der Waals surface area contributed by atoms with Gasteiger partial charge in [-0.05, 0) is 51.3 Å². The molecular formula is C17H23N3O2S. The largest absolute Gasteiger partial charge is 0.334 e. The zero-order valence-electron chi connectivity index (χ0n) is 13.5. The quantitative estimate of drug-likeness (QED) is 0.872. The van der Waals surface area contributed by atoms with Crippen LogP contribution in [0.2, 0.25) is 0 Å².